The van der Waals surface area contributed by atoms with Crippen molar-refractivity contribution in [2.24, 2.45) is 5.92 Å². The molecule has 1 unspecified atom stereocenters. The predicted octanol–water partition coefficient (Wildman–Crippen LogP) is 3.07. The zero-order chi connectivity index (χ0) is 16.0. The van der Waals surface area contributed by atoms with Gasteiger partial charge in [-0.15, -0.1) is 11.3 Å². The number of nitrogens with one attached hydrogen (secondary N) is 1. The summed E-state index contributed by atoms with van der Waals surface area (Å²) in [6.45, 7) is 7.88. The van der Waals surface area contributed by atoms with Gasteiger partial charge in [0.2, 0.25) is 0 Å². The predicted molar refractivity (Wildman–Crippen MR) is 83.2 cm³/mol. The largest absolute Gasteiger partial charge is 0.482 e. The number of amides is 1. The molecule has 0 spiro atoms. The van der Waals surface area contributed by atoms with Crippen LogP contribution in [-0.4, -0.2) is 29.6 Å². The quantitative estimate of drug-likeness (QED) is 0.773. The number of hydrogen-bond donors (Lipinski definition) is 2. The van der Waals surface area contributed by atoms with E-state index in [9.17, 15) is 9.59 Å². The Morgan fingerprint density at radius 3 is 2.57 bits per heavy atom. The molecule has 0 radical (unpaired) electrons. The molecular weight excluding hydrogens is 290 g/mol. The second-order valence-electron chi connectivity index (χ2n) is 5.58. The van der Waals surface area contributed by atoms with Crippen LogP contribution in [-0.2, 0) is 4.79 Å². The molecule has 0 aliphatic rings. The number of carboxylic acid groups (broad SMARTS) is 1. The van der Waals surface area contributed by atoms with Gasteiger partial charge in [-0.25, -0.2) is 4.79 Å². The molecule has 1 aromatic heterocycles. The Hall–Kier alpha value is -1.56. The summed E-state index contributed by atoms with van der Waals surface area (Å²) >= 11 is 1.14. The molecule has 1 aromatic rings. The first-order chi connectivity index (χ1) is 9.79. The van der Waals surface area contributed by atoms with Crippen LogP contribution in [0.5, 0.6) is 5.75 Å². The maximum absolute atomic E-state index is 11.8. The molecule has 1 atom stereocenters. The number of aromatic carboxylic acids is 1. The maximum Gasteiger partial charge on any atom is 0.349 e. The van der Waals surface area contributed by atoms with Gasteiger partial charge in [-0.05, 0) is 38.7 Å². The summed E-state index contributed by atoms with van der Waals surface area (Å²) in [6, 6.07) is 1.73. The van der Waals surface area contributed by atoms with E-state index in [0.717, 1.165) is 29.1 Å². The SMILES string of the molecule is Cc1cc(OCC(=O)NC(C)CCC(C)C)c(C(=O)O)s1. The van der Waals surface area contributed by atoms with Gasteiger partial charge in [0.05, 0.1) is 0 Å². The molecule has 1 heterocycles. The lowest BCUT2D eigenvalue weighted by Crippen LogP contribution is -2.36. The fraction of sp³-hybridized carbons (Fsp3) is 0.600. The van der Waals surface area contributed by atoms with Gasteiger partial charge in [-0.3, -0.25) is 4.79 Å². The van der Waals surface area contributed by atoms with E-state index in [1.54, 1.807) is 13.0 Å². The van der Waals surface area contributed by atoms with Crippen molar-refractivity contribution in [3.63, 3.8) is 0 Å². The number of carbonyl (C=O) groups is 2. The zero-order valence-electron chi connectivity index (χ0n) is 12.9. The third kappa shape index (κ3) is 6.16. The third-order valence-electron chi connectivity index (χ3n) is 2.96. The van der Waals surface area contributed by atoms with Gasteiger partial charge in [0, 0.05) is 10.9 Å². The average Bonchev–Trinajstić information content (AvgIpc) is 2.75. The number of rotatable bonds is 8. The summed E-state index contributed by atoms with van der Waals surface area (Å²) in [7, 11) is 0. The summed E-state index contributed by atoms with van der Waals surface area (Å²) < 4.78 is 5.33. The Morgan fingerprint density at radius 2 is 2.00 bits per heavy atom. The standard InChI is InChI=1S/C15H23NO4S/c1-9(2)5-6-10(3)16-13(17)8-20-12-7-11(4)21-14(12)15(18)19/h7,9-10H,5-6,8H2,1-4H3,(H,16,17)(H,18,19). The minimum atomic E-state index is -1.03. The highest BCUT2D eigenvalue weighted by molar-refractivity contribution is 7.14. The van der Waals surface area contributed by atoms with Gasteiger partial charge in [0.25, 0.3) is 5.91 Å². The summed E-state index contributed by atoms with van der Waals surface area (Å²) in [5.41, 5.74) is 0. The van der Waals surface area contributed by atoms with Crippen molar-refractivity contribution in [1.82, 2.24) is 5.32 Å². The van der Waals surface area contributed by atoms with Gasteiger partial charge >= 0.3 is 5.97 Å². The van der Waals surface area contributed by atoms with E-state index in [0.29, 0.717) is 5.92 Å². The van der Waals surface area contributed by atoms with Gasteiger partial charge in [-0.2, -0.15) is 0 Å². The molecule has 5 nitrogen and oxygen atoms in total. The van der Waals surface area contributed by atoms with Crippen LogP contribution >= 0.6 is 11.3 Å². The smallest absolute Gasteiger partial charge is 0.349 e. The van der Waals surface area contributed by atoms with Crippen LogP contribution in [0.25, 0.3) is 0 Å². The number of ether oxygens (including phenoxy) is 1. The Kier molecular flexibility index (Phi) is 6.68. The summed E-state index contributed by atoms with van der Waals surface area (Å²) in [5.74, 6) is -0.400. The molecule has 0 aliphatic heterocycles. The highest BCUT2D eigenvalue weighted by atomic mass is 32.1. The molecular formula is C15H23NO4S. The molecule has 0 saturated carbocycles. The second kappa shape index (κ2) is 8.02. The van der Waals surface area contributed by atoms with Crippen LogP contribution in [0.3, 0.4) is 0 Å². The van der Waals surface area contributed by atoms with Crippen molar-refractivity contribution in [2.75, 3.05) is 6.61 Å². The minimum Gasteiger partial charge on any atom is -0.482 e. The maximum atomic E-state index is 11.8. The highest BCUT2D eigenvalue weighted by Gasteiger charge is 2.16. The molecule has 0 bridgehead atoms. The van der Waals surface area contributed by atoms with Gasteiger partial charge in [-0.1, -0.05) is 13.8 Å². The fourth-order valence-corrected chi connectivity index (χ4v) is 2.66. The molecule has 2 N–H and O–H groups in total. The molecule has 0 aromatic carbocycles. The van der Waals surface area contributed by atoms with E-state index in [4.69, 9.17) is 9.84 Å². The van der Waals surface area contributed by atoms with E-state index in [-0.39, 0.29) is 29.2 Å². The normalized spacial score (nSPS) is 12.2. The van der Waals surface area contributed by atoms with Crippen LogP contribution in [0.1, 0.15) is 48.2 Å². The molecule has 21 heavy (non-hydrogen) atoms. The lowest BCUT2D eigenvalue weighted by atomic mass is 10.0. The number of aryl methyl sites for hydroxylation is 1. The fourth-order valence-electron chi connectivity index (χ4n) is 1.86. The molecule has 1 amide bonds. The van der Waals surface area contributed by atoms with Crippen molar-refractivity contribution in [3.8, 4) is 5.75 Å². The molecule has 118 valence electrons. The Morgan fingerprint density at radius 1 is 1.33 bits per heavy atom. The van der Waals surface area contributed by atoms with Crippen LogP contribution in [0, 0.1) is 12.8 Å². The Bertz CT molecular complexity index is 496. The van der Waals surface area contributed by atoms with Crippen LogP contribution in [0.2, 0.25) is 0 Å². The van der Waals surface area contributed by atoms with E-state index >= 15 is 0 Å². The van der Waals surface area contributed by atoms with Gasteiger partial charge in [0.1, 0.15) is 5.75 Å². The molecule has 6 heteroatoms. The summed E-state index contributed by atoms with van der Waals surface area (Å²) in [4.78, 5) is 23.8. The van der Waals surface area contributed by atoms with Crippen molar-refractivity contribution < 1.29 is 19.4 Å². The van der Waals surface area contributed by atoms with Crippen LogP contribution in [0.4, 0.5) is 0 Å². The van der Waals surface area contributed by atoms with E-state index < -0.39 is 5.97 Å². The molecule has 1 rings (SSSR count). The molecule has 0 aliphatic carbocycles. The summed E-state index contributed by atoms with van der Waals surface area (Å²) in [6.07, 6.45) is 1.97. The van der Waals surface area contributed by atoms with E-state index in [2.05, 4.69) is 19.2 Å². The van der Waals surface area contributed by atoms with Gasteiger partial charge < -0.3 is 15.2 Å². The molecule has 0 saturated heterocycles. The number of hydrogen-bond acceptors (Lipinski definition) is 4. The Labute approximate surface area is 129 Å². The van der Waals surface area contributed by atoms with E-state index in [1.165, 1.54) is 0 Å². The lowest BCUT2D eigenvalue weighted by Gasteiger charge is -2.15. The summed E-state index contributed by atoms with van der Waals surface area (Å²) in [5, 5.41) is 11.9. The Balaban J connectivity index is 2.44. The van der Waals surface area contributed by atoms with Crippen LogP contribution in [0.15, 0.2) is 6.07 Å². The zero-order valence-corrected chi connectivity index (χ0v) is 13.8. The topological polar surface area (TPSA) is 75.6 Å². The first kappa shape index (κ1) is 17.5. The van der Waals surface area contributed by atoms with Crippen molar-refractivity contribution in [2.45, 2.75) is 46.6 Å². The lowest BCUT2D eigenvalue weighted by molar-refractivity contribution is -0.123. The minimum absolute atomic E-state index is 0.0895. The van der Waals surface area contributed by atoms with Crippen LogP contribution < -0.4 is 10.1 Å². The van der Waals surface area contributed by atoms with Crippen molar-refractivity contribution >= 4 is 23.2 Å². The number of thiophene rings is 1. The van der Waals surface area contributed by atoms with Crippen molar-refractivity contribution in [3.05, 3.63) is 15.8 Å². The monoisotopic (exact) mass is 313 g/mol. The average molecular weight is 313 g/mol. The van der Waals surface area contributed by atoms with Gasteiger partial charge in [0.15, 0.2) is 11.5 Å². The first-order valence-corrected chi connectivity index (χ1v) is 7.87. The second-order valence-corrected chi connectivity index (χ2v) is 6.84. The number of carboxylic acids is 1. The van der Waals surface area contributed by atoms with Crippen molar-refractivity contribution in [1.29, 1.82) is 0 Å². The third-order valence-corrected chi connectivity index (χ3v) is 3.98. The highest BCUT2D eigenvalue weighted by Crippen LogP contribution is 2.28. The molecule has 0 fully saturated rings. The number of carbonyl (C=O) groups excluding carboxylic acids is 1. The first-order valence-electron chi connectivity index (χ1n) is 7.05. The van der Waals surface area contributed by atoms with E-state index in [1.807, 2.05) is 6.92 Å².